The Balaban J connectivity index is 2.51. The fourth-order valence-electron chi connectivity index (χ4n) is 1.71. The summed E-state index contributed by atoms with van der Waals surface area (Å²) in [5, 5.41) is 3.09. The second-order valence-corrected chi connectivity index (χ2v) is 4.32. The molecular weight excluding hydrogens is 161 g/mol. The summed E-state index contributed by atoms with van der Waals surface area (Å²) >= 11 is 0. The van der Waals surface area contributed by atoms with Gasteiger partial charge in [0.15, 0.2) is 0 Å². The summed E-state index contributed by atoms with van der Waals surface area (Å²) in [4.78, 5) is 8.95. The van der Waals surface area contributed by atoms with Crippen molar-refractivity contribution < 1.29 is 9.46 Å². The first kappa shape index (κ1) is 9.11. The van der Waals surface area contributed by atoms with Gasteiger partial charge in [0, 0.05) is 0 Å². The monoisotopic (exact) mass is 176 g/mol. The molecule has 2 N–H and O–H groups in total. The zero-order chi connectivity index (χ0) is 8.27. The van der Waals surface area contributed by atoms with Crippen LogP contribution in [0.3, 0.4) is 0 Å². The van der Waals surface area contributed by atoms with E-state index in [9.17, 15) is 4.57 Å². The molecule has 64 valence electrons. The smallest absolute Gasteiger partial charge is 0.313 e. The van der Waals surface area contributed by atoms with Crippen LogP contribution in [0.5, 0.6) is 0 Å². The molecule has 0 heterocycles. The molecular formula is C7H15NO2P+. The molecule has 3 unspecified atom stereocenters. The van der Waals surface area contributed by atoms with Crippen molar-refractivity contribution >= 4 is 8.03 Å². The van der Waals surface area contributed by atoms with Crippen molar-refractivity contribution in [2.24, 2.45) is 0 Å². The van der Waals surface area contributed by atoms with Gasteiger partial charge in [-0.25, -0.2) is 0 Å². The summed E-state index contributed by atoms with van der Waals surface area (Å²) in [5.41, 5.74) is -0.0104. The van der Waals surface area contributed by atoms with Crippen molar-refractivity contribution in [1.82, 2.24) is 5.32 Å². The molecule has 3 atom stereocenters. The van der Waals surface area contributed by atoms with Gasteiger partial charge in [-0.2, -0.15) is 4.89 Å². The molecule has 0 spiro atoms. The number of hydrogen-bond acceptors (Lipinski definition) is 2. The third-order valence-corrected chi connectivity index (χ3v) is 3.57. The summed E-state index contributed by atoms with van der Waals surface area (Å²) in [7, 11) is -0.113. The fraction of sp³-hybridized carbons (Fsp3) is 1.00. The quantitative estimate of drug-likeness (QED) is 0.622. The number of rotatable bonds is 2. The van der Waals surface area contributed by atoms with Crippen LogP contribution in [0.1, 0.15) is 25.7 Å². The number of nitrogens with one attached hydrogen (secondary N) is 1. The molecule has 0 amide bonds. The lowest BCUT2D eigenvalue weighted by Crippen LogP contribution is -2.37. The molecule has 0 aromatic carbocycles. The highest BCUT2D eigenvalue weighted by atomic mass is 31.1. The summed E-state index contributed by atoms with van der Waals surface area (Å²) in [5.74, 6) is 0. The molecule has 1 fully saturated rings. The minimum atomic E-state index is -1.98. The first-order valence-corrected chi connectivity index (χ1v) is 5.36. The molecule has 0 aromatic rings. The minimum Gasteiger partial charge on any atom is -0.313 e. The third-order valence-electron chi connectivity index (χ3n) is 2.38. The first-order valence-electron chi connectivity index (χ1n) is 4.08. The summed E-state index contributed by atoms with van der Waals surface area (Å²) in [6, 6.07) is 0.261. The Hall–Kier alpha value is 0.0200. The van der Waals surface area contributed by atoms with Crippen LogP contribution in [0.4, 0.5) is 0 Å². The predicted molar refractivity (Wildman–Crippen MR) is 44.9 cm³/mol. The van der Waals surface area contributed by atoms with Crippen LogP contribution in [-0.2, 0) is 4.57 Å². The molecule has 0 aromatic heterocycles. The van der Waals surface area contributed by atoms with Crippen molar-refractivity contribution in [3.63, 3.8) is 0 Å². The van der Waals surface area contributed by atoms with E-state index in [2.05, 4.69) is 5.32 Å². The van der Waals surface area contributed by atoms with E-state index in [1.807, 2.05) is 7.05 Å². The van der Waals surface area contributed by atoms with Crippen LogP contribution in [0.2, 0.25) is 0 Å². The van der Waals surface area contributed by atoms with Gasteiger partial charge < -0.3 is 5.32 Å². The lowest BCUT2D eigenvalue weighted by Gasteiger charge is -2.22. The van der Waals surface area contributed by atoms with Crippen LogP contribution in [0.25, 0.3) is 0 Å². The van der Waals surface area contributed by atoms with Crippen LogP contribution in [0, 0.1) is 0 Å². The third kappa shape index (κ3) is 2.22. The molecule has 11 heavy (non-hydrogen) atoms. The molecule has 3 nitrogen and oxygen atoms in total. The van der Waals surface area contributed by atoms with E-state index < -0.39 is 8.03 Å². The van der Waals surface area contributed by atoms with Crippen molar-refractivity contribution in [1.29, 1.82) is 0 Å². The lowest BCUT2D eigenvalue weighted by atomic mass is 9.95. The van der Waals surface area contributed by atoms with E-state index >= 15 is 0 Å². The Morgan fingerprint density at radius 1 is 1.45 bits per heavy atom. The van der Waals surface area contributed by atoms with E-state index in [1.165, 1.54) is 6.42 Å². The van der Waals surface area contributed by atoms with E-state index in [4.69, 9.17) is 4.89 Å². The summed E-state index contributed by atoms with van der Waals surface area (Å²) in [6.07, 6.45) is 4.23. The Kier molecular flexibility index (Phi) is 3.44. The van der Waals surface area contributed by atoms with Gasteiger partial charge in [0.2, 0.25) is 5.66 Å². The van der Waals surface area contributed by atoms with Gasteiger partial charge in [0.1, 0.15) is 0 Å². The molecule has 1 rings (SSSR count). The molecule has 1 saturated carbocycles. The molecule has 1 aliphatic carbocycles. The zero-order valence-electron chi connectivity index (χ0n) is 6.79. The van der Waals surface area contributed by atoms with Crippen LogP contribution >= 0.6 is 8.03 Å². The van der Waals surface area contributed by atoms with Crippen LogP contribution < -0.4 is 5.32 Å². The highest BCUT2D eigenvalue weighted by molar-refractivity contribution is 7.39. The van der Waals surface area contributed by atoms with E-state index in [0.717, 1.165) is 19.3 Å². The second-order valence-electron chi connectivity index (χ2n) is 3.05. The molecule has 0 saturated heterocycles. The van der Waals surface area contributed by atoms with Crippen molar-refractivity contribution in [3.05, 3.63) is 0 Å². The topological polar surface area (TPSA) is 49.3 Å². The predicted octanol–water partition coefficient (Wildman–Crippen LogP) is 1.25. The minimum absolute atomic E-state index is 0.0104. The molecule has 4 heteroatoms. The van der Waals surface area contributed by atoms with Gasteiger partial charge in [-0.15, -0.1) is 0 Å². The Labute approximate surface area is 68.1 Å². The lowest BCUT2D eigenvalue weighted by molar-refractivity contribution is 0.373. The second kappa shape index (κ2) is 4.15. The van der Waals surface area contributed by atoms with Gasteiger partial charge in [-0.3, -0.25) is 0 Å². The van der Waals surface area contributed by atoms with Crippen molar-refractivity contribution in [3.8, 4) is 0 Å². The standard InChI is InChI=1S/C7H14NO2P/c1-8-6-4-2-3-5-7(6)11(9)10/h6-8H,2-5H2,1H3/p+1. The highest BCUT2D eigenvalue weighted by Crippen LogP contribution is 2.34. The molecule has 1 aliphatic rings. The first-order chi connectivity index (χ1) is 5.25. The van der Waals surface area contributed by atoms with Gasteiger partial charge >= 0.3 is 8.03 Å². The van der Waals surface area contributed by atoms with Gasteiger partial charge in [0.25, 0.3) is 0 Å². The maximum Gasteiger partial charge on any atom is 0.510 e. The maximum absolute atomic E-state index is 10.8. The van der Waals surface area contributed by atoms with Crippen molar-refractivity contribution in [2.75, 3.05) is 7.05 Å². The molecule has 0 aliphatic heterocycles. The largest absolute Gasteiger partial charge is 0.510 e. The zero-order valence-corrected chi connectivity index (χ0v) is 7.68. The SMILES string of the molecule is CNC1CCCCC1[P+](=O)O. The van der Waals surface area contributed by atoms with Gasteiger partial charge in [-0.05, 0) is 30.9 Å². The average Bonchev–Trinajstić information content (AvgIpc) is 2.04. The van der Waals surface area contributed by atoms with Crippen molar-refractivity contribution in [2.45, 2.75) is 37.4 Å². The summed E-state index contributed by atoms with van der Waals surface area (Å²) in [6.45, 7) is 0. The average molecular weight is 176 g/mol. The van der Waals surface area contributed by atoms with Gasteiger partial charge in [-0.1, -0.05) is 6.42 Å². The van der Waals surface area contributed by atoms with Crippen LogP contribution in [0.15, 0.2) is 0 Å². The number of hydrogen-bond donors (Lipinski definition) is 2. The normalized spacial score (nSPS) is 33.5. The van der Waals surface area contributed by atoms with Crippen LogP contribution in [-0.4, -0.2) is 23.6 Å². The fourth-order valence-corrected chi connectivity index (χ4v) is 2.72. The summed E-state index contributed by atoms with van der Waals surface area (Å²) < 4.78 is 10.8. The molecule has 0 bridgehead atoms. The Morgan fingerprint density at radius 2 is 2.09 bits per heavy atom. The van der Waals surface area contributed by atoms with E-state index in [1.54, 1.807) is 0 Å². The van der Waals surface area contributed by atoms with E-state index in [-0.39, 0.29) is 11.7 Å². The Morgan fingerprint density at radius 3 is 2.55 bits per heavy atom. The van der Waals surface area contributed by atoms with Gasteiger partial charge in [0.05, 0.1) is 6.04 Å². The molecule has 0 radical (unpaired) electrons. The maximum atomic E-state index is 10.8. The highest BCUT2D eigenvalue weighted by Gasteiger charge is 2.38. The van der Waals surface area contributed by atoms with E-state index in [0.29, 0.717) is 0 Å². The Bertz CT molecular complexity index is 151.